The number of esters is 8. The highest BCUT2D eigenvalue weighted by Crippen LogP contribution is 2.30. The molecule has 1 saturated carbocycles. The lowest BCUT2D eigenvalue weighted by Crippen LogP contribution is -2.27. The van der Waals surface area contributed by atoms with Gasteiger partial charge in [0.2, 0.25) is 0 Å². The number of hydrogen-bond acceptors (Lipinski definition) is 16. The van der Waals surface area contributed by atoms with Crippen molar-refractivity contribution in [2.45, 2.75) is 72.6 Å². The van der Waals surface area contributed by atoms with Gasteiger partial charge in [0.15, 0.2) is 0 Å². The van der Waals surface area contributed by atoms with E-state index in [0.29, 0.717) is 48.8 Å². The van der Waals surface area contributed by atoms with Crippen LogP contribution in [0.25, 0.3) is 0 Å². The summed E-state index contributed by atoms with van der Waals surface area (Å²) in [4.78, 5) is 88.9. The van der Waals surface area contributed by atoms with Gasteiger partial charge in [0.05, 0.1) is 97.6 Å². The Hall–Kier alpha value is -5.54. The zero-order valence-electron chi connectivity index (χ0n) is 36.0. The van der Waals surface area contributed by atoms with Crippen LogP contribution in [-0.2, 0) is 66.7 Å². The summed E-state index contributed by atoms with van der Waals surface area (Å²) >= 11 is 0. The maximum absolute atomic E-state index is 11.2. The molecule has 0 N–H and O–H groups in total. The fourth-order valence-electron chi connectivity index (χ4n) is 5.92. The molecule has 4 rings (SSSR count). The Bertz CT molecular complexity index is 1480. The van der Waals surface area contributed by atoms with Crippen LogP contribution < -0.4 is 0 Å². The number of hydrogen-bond donors (Lipinski definition) is 0. The summed E-state index contributed by atoms with van der Waals surface area (Å²) in [7, 11) is 10.6. The molecule has 1 aromatic rings. The molecule has 0 bridgehead atoms. The van der Waals surface area contributed by atoms with Gasteiger partial charge in [-0.05, 0) is 82.1 Å². The van der Waals surface area contributed by atoms with Gasteiger partial charge in [-0.2, -0.15) is 0 Å². The van der Waals surface area contributed by atoms with Crippen molar-refractivity contribution in [3.63, 3.8) is 0 Å². The molecular formula is C42H62O16. The number of carbonyl (C=O) groups is 8. The highest BCUT2D eigenvalue weighted by Gasteiger charge is 2.31. The van der Waals surface area contributed by atoms with Crippen LogP contribution in [0.1, 0.15) is 96.1 Å². The average Bonchev–Trinajstić information content (AvgIpc) is 3.30. The van der Waals surface area contributed by atoms with E-state index in [9.17, 15) is 38.4 Å². The number of benzene rings is 1. The normalized spacial score (nSPS) is 20.3. The lowest BCUT2D eigenvalue weighted by molar-refractivity contribution is -0.151. The molecular weight excluding hydrogens is 760 g/mol. The Kier molecular flexibility index (Phi) is 25.8. The predicted molar refractivity (Wildman–Crippen MR) is 211 cm³/mol. The van der Waals surface area contributed by atoms with Gasteiger partial charge in [-0.25, -0.2) is 14.4 Å². The van der Waals surface area contributed by atoms with Crippen LogP contribution in [0.15, 0.2) is 48.1 Å². The topological polar surface area (TPSA) is 210 Å². The van der Waals surface area contributed by atoms with Crippen LogP contribution in [0.2, 0.25) is 0 Å². The van der Waals surface area contributed by atoms with Crippen LogP contribution >= 0.6 is 0 Å². The summed E-state index contributed by atoms with van der Waals surface area (Å²) < 4.78 is 48.5. The van der Waals surface area contributed by atoms with Crippen molar-refractivity contribution in [2.24, 2.45) is 29.6 Å². The van der Waals surface area contributed by atoms with Crippen LogP contribution in [0.3, 0.4) is 0 Å². The third-order valence-corrected chi connectivity index (χ3v) is 9.29. The summed E-state index contributed by atoms with van der Waals surface area (Å²) in [6, 6.07) is 6.05. The zero-order chi connectivity index (χ0) is 44.9. The smallest absolute Gasteiger partial charge is 0.337 e. The van der Waals surface area contributed by atoms with Gasteiger partial charge in [-0.3, -0.25) is 24.0 Å². The minimum atomic E-state index is -0.429. The Morgan fingerprint density at radius 3 is 1.09 bits per heavy atom. The molecule has 326 valence electrons. The van der Waals surface area contributed by atoms with Crippen LogP contribution in [-0.4, -0.2) is 105 Å². The Morgan fingerprint density at radius 2 is 0.828 bits per heavy atom. The predicted octanol–water partition coefficient (Wildman–Crippen LogP) is 5.64. The second-order valence-corrected chi connectivity index (χ2v) is 12.6. The molecule has 0 heterocycles. The summed E-state index contributed by atoms with van der Waals surface area (Å²) in [6.45, 7) is 0. The van der Waals surface area contributed by atoms with Crippen molar-refractivity contribution in [3.05, 3.63) is 59.2 Å². The van der Waals surface area contributed by atoms with Gasteiger partial charge in [0.25, 0.3) is 0 Å². The third-order valence-electron chi connectivity index (χ3n) is 9.29. The molecule has 3 aliphatic carbocycles. The SMILES string of the molecule is C.COC(=O)C1=CCC(C(=O)OC)CC1.COC(=O)C1C=CC(C(=O)OC)CC1.COC(=O)C1CCC(C(=O)OC)CC1.COC(=O)c1ccc(C(=O)OC)cc1.[2H]C[3H]. The molecule has 0 saturated heterocycles. The Labute approximate surface area is 344 Å². The molecule has 1 aromatic carbocycles. The van der Waals surface area contributed by atoms with Crippen LogP contribution in [0.5, 0.6) is 0 Å². The van der Waals surface area contributed by atoms with Gasteiger partial charge in [0.1, 0.15) is 0 Å². The Morgan fingerprint density at radius 1 is 0.500 bits per heavy atom. The van der Waals surface area contributed by atoms with Crippen LogP contribution in [0, 0.1) is 29.6 Å². The van der Waals surface area contributed by atoms with Crippen molar-refractivity contribution < 1.29 is 79.0 Å². The molecule has 0 aromatic heterocycles. The largest absolute Gasteiger partial charge is 0.469 e. The second-order valence-electron chi connectivity index (χ2n) is 12.6. The van der Waals surface area contributed by atoms with E-state index in [0.717, 1.165) is 25.7 Å². The molecule has 58 heavy (non-hydrogen) atoms. The van der Waals surface area contributed by atoms with Crippen LogP contribution in [0.4, 0.5) is 0 Å². The van der Waals surface area contributed by atoms with Gasteiger partial charge >= 0.3 is 47.8 Å². The number of methoxy groups -OCH3 is 8. The van der Waals surface area contributed by atoms with E-state index in [1.54, 1.807) is 18.2 Å². The molecule has 0 aliphatic heterocycles. The fraction of sp³-hybridized carbons (Fsp3) is 0.571. The van der Waals surface area contributed by atoms with Gasteiger partial charge < -0.3 is 37.9 Å². The molecule has 1 fully saturated rings. The molecule has 0 radical (unpaired) electrons. The standard InChI is InChI=1S/C10H16O4.2C10H14O4.C10H10O4.2CH4/c4*1-13-9(11)7-3-5-8(6-4-7)10(12)14-2;;/h7-8H,3-6H2,1-2H3;3,8H,4-6H2,1-2H3;3,5,7-8H,4,6H2,1-2H3;3-6H,1-2H3;2*1H4/i;;;;1TD;. The van der Waals surface area contributed by atoms with E-state index in [4.69, 9.17) is 2.74 Å². The highest BCUT2D eigenvalue weighted by atomic mass is 16.5. The number of ether oxygens (including phenoxy) is 8. The quantitative estimate of drug-likeness (QED) is 0.176. The monoisotopic (exact) mass is 825 g/mol. The maximum atomic E-state index is 11.2. The maximum Gasteiger partial charge on any atom is 0.337 e. The van der Waals surface area contributed by atoms with E-state index >= 15 is 0 Å². The third kappa shape index (κ3) is 18.2. The van der Waals surface area contributed by atoms with Gasteiger partial charge in [0, 0.05) is 8.31 Å². The lowest BCUT2D eigenvalue weighted by Gasteiger charge is -2.24. The number of rotatable bonds is 8. The molecule has 16 heteroatoms. The van der Waals surface area contributed by atoms with Crippen molar-refractivity contribution in [1.82, 2.24) is 0 Å². The van der Waals surface area contributed by atoms with Gasteiger partial charge in [-0.1, -0.05) is 33.0 Å². The second kappa shape index (κ2) is 29.7. The molecule has 0 amide bonds. The van der Waals surface area contributed by atoms with E-state index in [1.165, 1.54) is 81.1 Å². The van der Waals surface area contributed by atoms with Crippen molar-refractivity contribution in [1.29, 1.82) is 0 Å². The molecule has 3 aliphatic rings. The number of carbonyl (C=O) groups excluding carboxylic acids is 8. The van der Waals surface area contributed by atoms with E-state index in [2.05, 4.69) is 37.9 Å². The summed E-state index contributed by atoms with van der Waals surface area (Å²) in [5, 5.41) is 0. The van der Waals surface area contributed by atoms with E-state index in [-0.39, 0.29) is 80.2 Å². The van der Waals surface area contributed by atoms with Gasteiger partial charge in [-0.15, -0.1) is 0 Å². The first-order chi connectivity index (χ1) is 28.2. The van der Waals surface area contributed by atoms with Crippen molar-refractivity contribution >= 4 is 47.8 Å². The highest BCUT2D eigenvalue weighted by molar-refractivity contribution is 5.93. The van der Waals surface area contributed by atoms with E-state index in [1.807, 2.05) is 0 Å². The van der Waals surface area contributed by atoms with E-state index < -0.39 is 11.9 Å². The first kappa shape index (κ1) is 50.5. The molecule has 16 nitrogen and oxygen atoms in total. The molecule has 0 spiro atoms. The summed E-state index contributed by atoms with van der Waals surface area (Å²) in [5.41, 5.74) is 1.47. The molecule has 3 atom stereocenters. The average molecular weight is 826 g/mol. The van der Waals surface area contributed by atoms with Crippen molar-refractivity contribution in [2.75, 3.05) is 56.9 Å². The summed E-state index contributed by atoms with van der Waals surface area (Å²) in [5.74, 6) is -2.74. The first-order valence-electron chi connectivity index (χ1n) is 19.3. The number of allylic oxidation sites excluding steroid dienone is 1. The minimum Gasteiger partial charge on any atom is -0.469 e. The Balaban J connectivity index is 0. The lowest BCUT2D eigenvalue weighted by atomic mass is 9.82. The first-order valence-corrected chi connectivity index (χ1v) is 17.9. The minimum absolute atomic E-state index is 0. The van der Waals surface area contributed by atoms with Crippen molar-refractivity contribution in [3.8, 4) is 0 Å². The fourth-order valence-corrected chi connectivity index (χ4v) is 5.92. The zero-order valence-corrected chi connectivity index (χ0v) is 34.0. The molecule has 3 unspecified atom stereocenters. The summed E-state index contributed by atoms with van der Waals surface area (Å²) in [6.07, 6.45) is 11.2.